The van der Waals surface area contributed by atoms with E-state index in [1.807, 2.05) is 0 Å². The van der Waals surface area contributed by atoms with Gasteiger partial charge in [-0.2, -0.15) is 0 Å². The first kappa shape index (κ1) is 14.3. The van der Waals surface area contributed by atoms with Gasteiger partial charge >= 0.3 is 0 Å². The Labute approximate surface area is 119 Å². The average molecular weight is 295 g/mol. The summed E-state index contributed by atoms with van der Waals surface area (Å²) in [7, 11) is 0. The van der Waals surface area contributed by atoms with Crippen LogP contribution in [0.15, 0.2) is 18.2 Å². The molecular formula is C12H13N3O4S. The first-order valence-corrected chi connectivity index (χ1v) is 7.03. The van der Waals surface area contributed by atoms with Crippen molar-refractivity contribution in [3.63, 3.8) is 0 Å². The Balaban J connectivity index is 2.05. The van der Waals surface area contributed by atoms with Crippen molar-refractivity contribution in [2.75, 3.05) is 23.5 Å². The van der Waals surface area contributed by atoms with Gasteiger partial charge in [0.1, 0.15) is 6.54 Å². The number of rotatable bonds is 4. The predicted octanol–water partition coefficient (Wildman–Crippen LogP) is 1.37. The monoisotopic (exact) mass is 295 g/mol. The third-order valence-electron chi connectivity index (χ3n) is 2.87. The average Bonchev–Trinajstić information content (AvgIpc) is 2.77. The largest absolute Gasteiger partial charge is 0.324 e. The standard InChI is InChI=1S/C12H13N3O4S/c1-8-2-3-9(15(18)19)4-10(8)13-11(16)5-14-7-20-6-12(14)17/h2-4H,5-7H2,1H3,(H,13,16). The summed E-state index contributed by atoms with van der Waals surface area (Å²) in [5.74, 6) is 0.467. The molecule has 8 heteroatoms. The maximum absolute atomic E-state index is 11.9. The van der Waals surface area contributed by atoms with Crippen molar-refractivity contribution in [3.8, 4) is 0 Å². The van der Waals surface area contributed by atoms with Crippen LogP contribution in [0, 0.1) is 17.0 Å². The van der Waals surface area contributed by atoms with Crippen molar-refractivity contribution in [2.45, 2.75) is 6.92 Å². The molecule has 1 heterocycles. The van der Waals surface area contributed by atoms with Crippen molar-refractivity contribution in [1.82, 2.24) is 4.90 Å². The maximum atomic E-state index is 11.9. The van der Waals surface area contributed by atoms with Crippen LogP contribution in [0.1, 0.15) is 5.56 Å². The number of carbonyl (C=O) groups is 2. The molecule has 106 valence electrons. The summed E-state index contributed by atoms with van der Waals surface area (Å²) in [6.07, 6.45) is 0. The number of hydrogen-bond donors (Lipinski definition) is 1. The van der Waals surface area contributed by atoms with Crippen LogP contribution in [0.5, 0.6) is 0 Å². The van der Waals surface area contributed by atoms with Gasteiger partial charge in [-0.05, 0) is 12.5 Å². The lowest BCUT2D eigenvalue weighted by atomic mass is 10.2. The predicted molar refractivity (Wildman–Crippen MR) is 75.5 cm³/mol. The molecule has 1 aromatic rings. The zero-order valence-electron chi connectivity index (χ0n) is 10.8. The second-order valence-electron chi connectivity index (χ2n) is 4.37. The van der Waals surface area contributed by atoms with Crippen LogP contribution in [0.4, 0.5) is 11.4 Å². The fourth-order valence-electron chi connectivity index (χ4n) is 1.76. The molecule has 0 radical (unpaired) electrons. The number of aryl methyl sites for hydroxylation is 1. The number of nitrogens with zero attached hydrogens (tertiary/aromatic N) is 2. The summed E-state index contributed by atoms with van der Waals surface area (Å²) >= 11 is 1.46. The third kappa shape index (κ3) is 3.27. The Morgan fingerprint density at radius 3 is 2.90 bits per heavy atom. The molecule has 0 spiro atoms. The van der Waals surface area contributed by atoms with Gasteiger partial charge in [0, 0.05) is 12.1 Å². The minimum atomic E-state index is -0.518. The number of carbonyl (C=O) groups excluding carboxylic acids is 2. The molecule has 2 amide bonds. The number of non-ortho nitro benzene ring substituents is 1. The van der Waals surface area contributed by atoms with Crippen LogP contribution < -0.4 is 5.32 Å². The SMILES string of the molecule is Cc1ccc([N+](=O)[O-])cc1NC(=O)CN1CSCC1=O. The molecule has 1 fully saturated rings. The van der Waals surface area contributed by atoms with E-state index in [2.05, 4.69) is 5.32 Å². The molecule has 0 aliphatic carbocycles. The zero-order chi connectivity index (χ0) is 14.7. The van der Waals surface area contributed by atoms with Gasteiger partial charge in [-0.15, -0.1) is 11.8 Å². The van der Waals surface area contributed by atoms with Gasteiger partial charge in [0.25, 0.3) is 5.69 Å². The maximum Gasteiger partial charge on any atom is 0.271 e. The van der Waals surface area contributed by atoms with E-state index in [9.17, 15) is 19.7 Å². The van der Waals surface area contributed by atoms with Crippen molar-refractivity contribution >= 4 is 35.0 Å². The number of anilines is 1. The van der Waals surface area contributed by atoms with Gasteiger partial charge in [0.15, 0.2) is 0 Å². The van der Waals surface area contributed by atoms with Crippen molar-refractivity contribution in [2.24, 2.45) is 0 Å². The number of thioether (sulfide) groups is 1. The Morgan fingerprint density at radius 1 is 1.55 bits per heavy atom. The highest BCUT2D eigenvalue weighted by atomic mass is 32.2. The highest BCUT2D eigenvalue weighted by molar-refractivity contribution is 8.00. The second-order valence-corrected chi connectivity index (χ2v) is 5.33. The molecule has 0 saturated carbocycles. The number of nitro groups is 1. The highest BCUT2D eigenvalue weighted by Gasteiger charge is 2.23. The van der Waals surface area contributed by atoms with Crippen molar-refractivity contribution in [3.05, 3.63) is 33.9 Å². The first-order chi connectivity index (χ1) is 9.47. The minimum absolute atomic E-state index is 0.0338. The molecule has 0 unspecified atom stereocenters. The lowest BCUT2D eigenvalue weighted by molar-refractivity contribution is -0.384. The molecule has 2 rings (SSSR count). The number of benzene rings is 1. The van der Waals surface area contributed by atoms with Crippen LogP contribution in [-0.4, -0.2) is 39.8 Å². The lowest BCUT2D eigenvalue weighted by Gasteiger charge is -2.15. The molecule has 1 aliphatic heterocycles. The molecule has 0 aromatic heterocycles. The summed E-state index contributed by atoms with van der Waals surface area (Å²) in [5.41, 5.74) is 1.04. The number of amides is 2. The van der Waals surface area contributed by atoms with Crippen LogP contribution in [-0.2, 0) is 9.59 Å². The number of hydrogen-bond acceptors (Lipinski definition) is 5. The van der Waals surface area contributed by atoms with Gasteiger partial charge < -0.3 is 10.2 Å². The summed E-state index contributed by atoms with van der Waals surface area (Å²) in [6.45, 7) is 1.71. The van der Waals surface area contributed by atoms with Gasteiger partial charge in [-0.1, -0.05) is 6.07 Å². The number of nitrogens with one attached hydrogen (secondary N) is 1. The van der Waals surface area contributed by atoms with E-state index < -0.39 is 4.92 Å². The molecule has 0 bridgehead atoms. The summed E-state index contributed by atoms with van der Waals surface area (Å²) in [5, 5.41) is 13.3. The van der Waals surface area contributed by atoms with Crippen LogP contribution >= 0.6 is 11.8 Å². The van der Waals surface area contributed by atoms with E-state index in [1.54, 1.807) is 13.0 Å². The fraction of sp³-hybridized carbons (Fsp3) is 0.333. The first-order valence-electron chi connectivity index (χ1n) is 5.88. The van der Waals surface area contributed by atoms with Crippen LogP contribution in [0.2, 0.25) is 0 Å². The van der Waals surface area contributed by atoms with Crippen LogP contribution in [0.3, 0.4) is 0 Å². The lowest BCUT2D eigenvalue weighted by Crippen LogP contribution is -2.34. The van der Waals surface area contributed by atoms with Gasteiger partial charge in [-0.25, -0.2) is 0 Å². The fourth-order valence-corrected chi connectivity index (χ4v) is 2.67. The number of nitro benzene ring substituents is 1. The Hall–Kier alpha value is -2.09. The van der Waals surface area contributed by atoms with Gasteiger partial charge in [0.05, 0.1) is 22.2 Å². The van der Waals surface area contributed by atoms with E-state index >= 15 is 0 Å². The second kappa shape index (κ2) is 5.91. The molecule has 20 heavy (non-hydrogen) atoms. The summed E-state index contributed by atoms with van der Waals surface area (Å²) in [6, 6.07) is 4.27. The Morgan fingerprint density at radius 2 is 2.30 bits per heavy atom. The molecule has 1 aliphatic rings. The summed E-state index contributed by atoms with van der Waals surface area (Å²) in [4.78, 5) is 34.9. The van der Waals surface area contributed by atoms with Crippen molar-refractivity contribution < 1.29 is 14.5 Å². The van der Waals surface area contributed by atoms with E-state index in [4.69, 9.17) is 0 Å². The van der Waals surface area contributed by atoms with E-state index in [-0.39, 0.29) is 24.0 Å². The van der Waals surface area contributed by atoms with E-state index in [1.165, 1.54) is 28.8 Å². The molecule has 1 aromatic carbocycles. The van der Waals surface area contributed by atoms with E-state index in [0.717, 1.165) is 5.56 Å². The minimum Gasteiger partial charge on any atom is -0.324 e. The molecule has 7 nitrogen and oxygen atoms in total. The quantitative estimate of drug-likeness (QED) is 0.669. The van der Waals surface area contributed by atoms with Gasteiger partial charge in [0.2, 0.25) is 11.8 Å². The van der Waals surface area contributed by atoms with Gasteiger partial charge in [-0.3, -0.25) is 19.7 Å². The summed E-state index contributed by atoms with van der Waals surface area (Å²) < 4.78 is 0. The Bertz CT molecular complexity index is 576. The smallest absolute Gasteiger partial charge is 0.271 e. The zero-order valence-corrected chi connectivity index (χ0v) is 11.6. The molecular weight excluding hydrogens is 282 g/mol. The molecule has 1 saturated heterocycles. The Kier molecular flexibility index (Phi) is 4.23. The van der Waals surface area contributed by atoms with E-state index in [0.29, 0.717) is 17.3 Å². The third-order valence-corrected chi connectivity index (χ3v) is 3.81. The van der Waals surface area contributed by atoms with Crippen molar-refractivity contribution in [1.29, 1.82) is 0 Å². The molecule has 0 atom stereocenters. The highest BCUT2D eigenvalue weighted by Crippen LogP contribution is 2.22. The topological polar surface area (TPSA) is 92.6 Å². The normalized spacial score (nSPS) is 14.4. The van der Waals surface area contributed by atoms with Crippen LogP contribution in [0.25, 0.3) is 0 Å². The molecule has 1 N–H and O–H groups in total.